The van der Waals surface area contributed by atoms with Crippen LogP contribution in [0.3, 0.4) is 0 Å². The molecule has 1 heterocycles. The number of likely N-dealkylation sites (tertiary alicyclic amines) is 1. The van der Waals surface area contributed by atoms with Gasteiger partial charge in [0.1, 0.15) is 0 Å². The van der Waals surface area contributed by atoms with Crippen molar-refractivity contribution in [1.82, 2.24) is 4.90 Å². The first-order valence-corrected chi connectivity index (χ1v) is 7.16. The number of rotatable bonds is 2. The van der Waals surface area contributed by atoms with Gasteiger partial charge in [0.05, 0.1) is 0 Å². The summed E-state index contributed by atoms with van der Waals surface area (Å²) < 4.78 is 0. The summed E-state index contributed by atoms with van der Waals surface area (Å²) in [5, 5.41) is 0. The van der Waals surface area contributed by atoms with Crippen LogP contribution in [0.4, 0.5) is 0 Å². The van der Waals surface area contributed by atoms with Crippen molar-refractivity contribution in [3.05, 3.63) is 12.3 Å². The highest BCUT2D eigenvalue weighted by atomic mass is 15.1. The van der Waals surface area contributed by atoms with Crippen LogP contribution in [-0.4, -0.2) is 18.0 Å². The molecule has 1 heteroatoms. The van der Waals surface area contributed by atoms with Crippen LogP contribution in [0.1, 0.15) is 52.4 Å². The van der Waals surface area contributed by atoms with Gasteiger partial charge in [0.25, 0.3) is 0 Å². The molecule has 1 saturated heterocycles. The smallest absolute Gasteiger partial charge is 0.0175 e. The molecule has 0 unspecified atom stereocenters. The van der Waals surface area contributed by atoms with E-state index in [9.17, 15) is 0 Å². The van der Waals surface area contributed by atoms with Crippen LogP contribution in [0.5, 0.6) is 0 Å². The molecule has 0 aromatic rings. The molecule has 0 spiro atoms. The molecule has 2 fully saturated rings. The van der Waals surface area contributed by atoms with Crippen LogP contribution in [-0.2, 0) is 0 Å². The topological polar surface area (TPSA) is 3.24 Å². The van der Waals surface area contributed by atoms with Gasteiger partial charge in [-0.2, -0.15) is 0 Å². The van der Waals surface area contributed by atoms with E-state index in [1.807, 2.05) is 0 Å². The first-order valence-electron chi connectivity index (χ1n) is 7.16. The Bertz CT molecular complexity index is 218. The molecule has 1 aliphatic heterocycles. The molecule has 0 radical (unpaired) electrons. The minimum absolute atomic E-state index is 0.999. The van der Waals surface area contributed by atoms with E-state index in [0.29, 0.717) is 0 Å². The molecule has 16 heavy (non-hydrogen) atoms. The summed E-state index contributed by atoms with van der Waals surface area (Å²) in [7, 11) is 0. The zero-order chi connectivity index (χ0) is 11.4. The van der Waals surface area contributed by atoms with Crippen molar-refractivity contribution in [2.75, 3.05) is 13.1 Å². The van der Waals surface area contributed by atoms with Crippen LogP contribution in [0.25, 0.3) is 0 Å². The Labute approximate surface area is 101 Å². The van der Waals surface area contributed by atoms with E-state index >= 15 is 0 Å². The lowest BCUT2D eigenvalue weighted by molar-refractivity contribution is 0.142. The molecule has 0 aromatic carbocycles. The summed E-state index contributed by atoms with van der Waals surface area (Å²) in [6, 6.07) is 0. The average molecular weight is 221 g/mol. The van der Waals surface area contributed by atoms with E-state index in [1.165, 1.54) is 51.6 Å². The fraction of sp³-hybridized carbons (Fsp3) is 0.867. The van der Waals surface area contributed by atoms with Gasteiger partial charge in [-0.1, -0.05) is 25.8 Å². The second-order valence-electron chi connectivity index (χ2n) is 5.88. The predicted molar refractivity (Wildman–Crippen MR) is 70.2 cm³/mol. The molecule has 1 nitrogen and oxygen atoms in total. The first-order chi connectivity index (χ1) is 7.79. The van der Waals surface area contributed by atoms with Gasteiger partial charge in [0, 0.05) is 13.1 Å². The van der Waals surface area contributed by atoms with Crippen molar-refractivity contribution in [1.29, 1.82) is 0 Å². The maximum atomic E-state index is 2.49. The van der Waals surface area contributed by atoms with E-state index < -0.39 is 0 Å². The number of hydrogen-bond donors (Lipinski definition) is 0. The maximum Gasteiger partial charge on any atom is 0.0175 e. The highest BCUT2D eigenvalue weighted by molar-refractivity contribution is 4.86. The lowest BCUT2D eigenvalue weighted by Crippen LogP contribution is -2.33. The summed E-state index contributed by atoms with van der Waals surface area (Å²) in [6.45, 7) is 7.13. The van der Waals surface area contributed by atoms with Crippen molar-refractivity contribution in [2.45, 2.75) is 52.4 Å². The fourth-order valence-corrected chi connectivity index (χ4v) is 3.51. The molecule has 0 N–H and O–H groups in total. The molecule has 92 valence electrons. The molecule has 1 saturated carbocycles. The lowest BCUT2D eigenvalue weighted by atomic mass is 9.73. The van der Waals surface area contributed by atoms with Gasteiger partial charge in [0.15, 0.2) is 0 Å². The van der Waals surface area contributed by atoms with E-state index in [4.69, 9.17) is 0 Å². The van der Waals surface area contributed by atoms with Crippen molar-refractivity contribution >= 4 is 0 Å². The molecule has 0 aromatic heterocycles. The van der Waals surface area contributed by atoms with Crippen molar-refractivity contribution in [2.24, 2.45) is 17.8 Å². The number of allylic oxidation sites excluding steroid dienone is 1. The summed E-state index contributed by atoms with van der Waals surface area (Å²) in [5.74, 6) is 3.09. The molecule has 2 aliphatic rings. The van der Waals surface area contributed by atoms with Crippen LogP contribution in [0, 0.1) is 17.8 Å². The van der Waals surface area contributed by atoms with E-state index in [1.54, 1.807) is 0 Å². The molecule has 0 amide bonds. The Morgan fingerprint density at radius 2 is 1.44 bits per heavy atom. The van der Waals surface area contributed by atoms with Gasteiger partial charge in [0.2, 0.25) is 0 Å². The van der Waals surface area contributed by atoms with Gasteiger partial charge in [-0.05, 0) is 56.6 Å². The zero-order valence-corrected chi connectivity index (χ0v) is 11.0. The van der Waals surface area contributed by atoms with Gasteiger partial charge in [-0.3, -0.25) is 0 Å². The normalized spacial score (nSPS) is 33.5. The average Bonchev–Trinajstić information content (AvgIpc) is 2.32. The van der Waals surface area contributed by atoms with E-state index in [-0.39, 0.29) is 0 Å². The predicted octanol–water partition coefficient (Wildman–Crippen LogP) is 4.06. The summed E-state index contributed by atoms with van der Waals surface area (Å²) in [4.78, 5) is 2.49. The van der Waals surface area contributed by atoms with Crippen molar-refractivity contribution in [3.63, 3.8) is 0 Å². The van der Waals surface area contributed by atoms with Crippen LogP contribution < -0.4 is 0 Å². The summed E-state index contributed by atoms with van der Waals surface area (Å²) >= 11 is 0. The standard InChI is InChI=1S/C15H27N/c1-3-10-16-11-8-15(9-12-16)14-6-4-13(2)5-7-14/h3,10,13-15H,4-9,11-12H2,1-2H3/b10-3+. The molecule has 2 rings (SSSR count). The van der Waals surface area contributed by atoms with Crippen LogP contribution >= 0.6 is 0 Å². The maximum absolute atomic E-state index is 2.49. The number of hydrogen-bond acceptors (Lipinski definition) is 1. The highest BCUT2D eigenvalue weighted by Crippen LogP contribution is 2.37. The zero-order valence-electron chi connectivity index (χ0n) is 11.0. The molecular formula is C15H27N. The van der Waals surface area contributed by atoms with E-state index in [0.717, 1.165) is 17.8 Å². The van der Waals surface area contributed by atoms with Gasteiger partial charge < -0.3 is 4.90 Å². The Hall–Kier alpha value is -0.460. The fourth-order valence-electron chi connectivity index (χ4n) is 3.51. The third kappa shape index (κ3) is 3.02. The molecule has 0 bridgehead atoms. The van der Waals surface area contributed by atoms with Crippen molar-refractivity contribution in [3.8, 4) is 0 Å². The van der Waals surface area contributed by atoms with Crippen molar-refractivity contribution < 1.29 is 0 Å². The Morgan fingerprint density at radius 3 is 2.00 bits per heavy atom. The summed E-state index contributed by atoms with van der Waals surface area (Å²) in [6.07, 6.45) is 13.3. The molecule has 1 aliphatic carbocycles. The first kappa shape index (κ1) is 12.0. The second kappa shape index (κ2) is 5.75. The summed E-state index contributed by atoms with van der Waals surface area (Å²) in [5.41, 5.74) is 0. The van der Waals surface area contributed by atoms with Gasteiger partial charge in [-0.25, -0.2) is 0 Å². The minimum atomic E-state index is 0.999. The molecular weight excluding hydrogens is 194 g/mol. The highest BCUT2D eigenvalue weighted by Gasteiger charge is 2.28. The lowest BCUT2D eigenvalue weighted by Gasteiger charge is -2.38. The van der Waals surface area contributed by atoms with Crippen LogP contribution in [0.2, 0.25) is 0 Å². The third-order valence-electron chi connectivity index (χ3n) is 4.66. The monoisotopic (exact) mass is 221 g/mol. The SMILES string of the molecule is C/C=C/N1CCC(C2CCC(C)CC2)CC1. The quantitative estimate of drug-likeness (QED) is 0.679. The van der Waals surface area contributed by atoms with E-state index in [2.05, 4.69) is 31.0 Å². The number of piperidine rings is 1. The Balaban J connectivity index is 1.76. The Kier molecular flexibility index (Phi) is 4.31. The van der Waals surface area contributed by atoms with Crippen LogP contribution in [0.15, 0.2) is 12.3 Å². The Morgan fingerprint density at radius 1 is 0.875 bits per heavy atom. The van der Waals surface area contributed by atoms with Gasteiger partial charge >= 0.3 is 0 Å². The van der Waals surface area contributed by atoms with Gasteiger partial charge in [-0.15, -0.1) is 0 Å². The third-order valence-corrected chi connectivity index (χ3v) is 4.66. The second-order valence-corrected chi connectivity index (χ2v) is 5.88. The molecule has 0 atom stereocenters. The largest absolute Gasteiger partial charge is 0.378 e. The number of nitrogens with zero attached hydrogens (tertiary/aromatic N) is 1. The minimum Gasteiger partial charge on any atom is -0.378 e.